The van der Waals surface area contributed by atoms with Gasteiger partial charge in [0, 0.05) is 6.42 Å². The van der Waals surface area contributed by atoms with Crippen LogP contribution in [0.3, 0.4) is 0 Å². The van der Waals surface area contributed by atoms with Crippen molar-refractivity contribution in [1.82, 2.24) is 0 Å². The van der Waals surface area contributed by atoms with E-state index in [1.165, 1.54) is 4.90 Å². The van der Waals surface area contributed by atoms with Crippen LogP contribution in [0.1, 0.15) is 6.42 Å². The molecule has 0 amide bonds. The number of para-hydroxylation sites is 2. The molecule has 1 aromatic rings. The van der Waals surface area contributed by atoms with Crippen LogP contribution in [0.5, 0.6) is 0 Å². The van der Waals surface area contributed by atoms with E-state index in [1.54, 1.807) is 24.3 Å². The standard InChI is InChI=1S/C11H14F2N2O/c12-11(13)5-8(6-16)15(7-11)10-4-2-1-3-9(10)14/h1-4,8,16H,5-7,14H2. The third-order valence-corrected chi connectivity index (χ3v) is 2.83. The summed E-state index contributed by atoms with van der Waals surface area (Å²) in [5, 5.41) is 9.11. The van der Waals surface area contributed by atoms with Crippen molar-refractivity contribution in [3.8, 4) is 0 Å². The molecule has 88 valence electrons. The van der Waals surface area contributed by atoms with Crippen LogP contribution in [-0.2, 0) is 0 Å². The van der Waals surface area contributed by atoms with Crippen LogP contribution in [0.4, 0.5) is 20.2 Å². The number of nitrogen functional groups attached to an aromatic ring is 1. The number of aliphatic hydroxyl groups is 1. The van der Waals surface area contributed by atoms with Crippen LogP contribution >= 0.6 is 0 Å². The summed E-state index contributed by atoms with van der Waals surface area (Å²) in [4.78, 5) is 1.48. The van der Waals surface area contributed by atoms with Gasteiger partial charge in [0.1, 0.15) is 0 Å². The average Bonchev–Trinajstić information content (AvgIpc) is 2.54. The van der Waals surface area contributed by atoms with Gasteiger partial charge in [0.05, 0.1) is 30.6 Å². The fourth-order valence-corrected chi connectivity index (χ4v) is 2.09. The predicted octanol–water partition coefficient (Wildman–Crippen LogP) is 1.48. The Morgan fingerprint density at radius 3 is 2.75 bits per heavy atom. The van der Waals surface area contributed by atoms with E-state index in [4.69, 9.17) is 10.8 Å². The summed E-state index contributed by atoms with van der Waals surface area (Å²) in [6, 6.07) is 6.30. The molecule has 1 fully saturated rings. The summed E-state index contributed by atoms with van der Waals surface area (Å²) < 4.78 is 26.5. The van der Waals surface area contributed by atoms with Gasteiger partial charge in [-0.15, -0.1) is 0 Å². The summed E-state index contributed by atoms with van der Waals surface area (Å²) in [5.41, 5.74) is 6.76. The molecule has 5 heteroatoms. The molecule has 1 aromatic carbocycles. The molecule has 0 spiro atoms. The molecular weight excluding hydrogens is 214 g/mol. The zero-order valence-electron chi connectivity index (χ0n) is 8.74. The maximum Gasteiger partial charge on any atom is 0.267 e. The predicted molar refractivity (Wildman–Crippen MR) is 58.6 cm³/mol. The van der Waals surface area contributed by atoms with E-state index in [1.807, 2.05) is 0 Å². The number of hydrogen-bond donors (Lipinski definition) is 2. The molecule has 1 aliphatic heterocycles. The first kappa shape index (κ1) is 11.1. The molecule has 1 atom stereocenters. The fourth-order valence-electron chi connectivity index (χ4n) is 2.09. The Labute approximate surface area is 92.5 Å². The molecule has 1 unspecified atom stereocenters. The van der Waals surface area contributed by atoms with E-state index in [0.717, 1.165) is 0 Å². The minimum atomic E-state index is -2.75. The number of alkyl halides is 2. The molecule has 0 radical (unpaired) electrons. The largest absolute Gasteiger partial charge is 0.397 e. The highest BCUT2D eigenvalue weighted by Gasteiger charge is 2.45. The first-order valence-corrected chi connectivity index (χ1v) is 5.13. The van der Waals surface area contributed by atoms with E-state index in [0.29, 0.717) is 11.4 Å². The van der Waals surface area contributed by atoms with Crippen LogP contribution in [0.15, 0.2) is 24.3 Å². The van der Waals surface area contributed by atoms with Gasteiger partial charge in [0.15, 0.2) is 0 Å². The number of nitrogens with two attached hydrogens (primary N) is 1. The Morgan fingerprint density at radius 2 is 2.12 bits per heavy atom. The lowest BCUT2D eigenvalue weighted by Crippen LogP contribution is -2.33. The monoisotopic (exact) mass is 228 g/mol. The lowest BCUT2D eigenvalue weighted by atomic mass is 10.2. The quantitative estimate of drug-likeness (QED) is 0.754. The molecule has 0 bridgehead atoms. The Bertz CT molecular complexity index is 384. The highest BCUT2D eigenvalue weighted by Crippen LogP contribution is 2.37. The van der Waals surface area contributed by atoms with Crippen LogP contribution in [0.2, 0.25) is 0 Å². The van der Waals surface area contributed by atoms with Crippen LogP contribution in [0.25, 0.3) is 0 Å². The van der Waals surface area contributed by atoms with Crippen molar-refractivity contribution in [2.24, 2.45) is 0 Å². The molecule has 16 heavy (non-hydrogen) atoms. The maximum absolute atomic E-state index is 13.3. The van der Waals surface area contributed by atoms with Crippen molar-refractivity contribution in [1.29, 1.82) is 0 Å². The lowest BCUT2D eigenvalue weighted by molar-refractivity contribution is 0.0201. The molecular formula is C11H14F2N2O. The highest BCUT2D eigenvalue weighted by atomic mass is 19.3. The van der Waals surface area contributed by atoms with Gasteiger partial charge in [-0.3, -0.25) is 0 Å². The van der Waals surface area contributed by atoms with Gasteiger partial charge in [0.25, 0.3) is 5.92 Å². The second-order valence-electron chi connectivity index (χ2n) is 4.08. The molecule has 2 rings (SSSR count). The Morgan fingerprint density at radius 1 is 1.44 bits per heavy atom. The topological polar surface area (TPSA) is 49.5 Å². The zero-order valence-corrected chi connectivity index (χ0v) is 8.74. The summed E-state index contributed by atoms with van der Waals surface area (Å²) in [6.07, 6.45) is -0.322. The van der Waals surface area contributed by atoms with Crippen molar-refractivity contribution in [3.05, 3.63) is 24.3 Å². The molecule has 3 nitrogen and oxygen atoms in total. The van der Waals surface area contributed by atoms with Crippen molar-refractivity contribution in [3.63, 3.8) is 0 Å². The number of aliphatic hydroxyl groups excluding tert-OH is 1. The molecule has 0 aromatic heterocycles. The van der Waals surface area contributed by atoms with Crippen LogP contribution in [0, 0.1) is 0 Å². The SMILES string of the molecule is Nc1ccccc1N1CC(F)(F)CC1CO. The second kappa shape index (κ2) is 3.90. The number of hydrogen-bond acceptors (Lipinski definition) is 3. The summed E-state index contributed by atoms with van der Waals surface area (Å²) in [5.74, 6) is -2.75. The van der Waals surface area contributed by atoms with Gasteiger partial charge in [-0.05, 0) is 12.1 Å². The molecule has 0 saturated carbocycles. The third-order valence-electron chi connectivity index (χ3n) is 2.83. The highest BCUT2D eigenvalue weighted by molar-refractivity contribution is 5.68. The van der Waals surface area contributed by atoms with Crippen molar-refractivity contribution < 1.29 is 13.9 Å². The zero-order chi connectivity index (χ0) is 11.8. The molecule has 0 aliphatic carbocycles. The van der Waals surface area contributed by atoms with E-state index in [2.05, 4.69) is 0 Å². The molecule has 1 aliphatic rings. The van der Waals surface area contributed by atoms with Crippen molar-refractivity contribution >= 4 is 11.4 Å². The third kappa shape index (κ3) is 1.95. The molecule has 1 saturated heterocycles. The number of halogens is 2. The first-order valence-electron chi connectivity index (χ1n) is 5.13. The van der Waals surface area contributed by atoms with Crippen LogP contribution < -0.4 is 10.6 Å². The smallest absolute Gasteiger partial charge is 0.267 e. The van der Waals surface area contributed by atoms with E-state index in [-0.39, 0.29) is 19.6 Å². The maximum atomic E-state index is 13.3. The Balaban J connectivity index is 2.30. The summed E-state index contributed by atoms with van der Waals surface area (Å²) in [6.45, 7) is -0.670. The van der Waals surface area contributed by atoms with Gasteiger partial charge < -0.3 is 15.7 Å². The van der Waals surface area contributed by atoms with E-state index >= 15 is 0 Å². The number of nitrogens with zero attached hydrogens (tertiary/aromatic N) is 1. The van der Waals surface area contributed by atoms with Gasteiger partial charge in [0.2, 0.25) is 0 Å². The number of anilines is 2. The minimum Gasteiger partial charge on any atom is -0.397 e. The first-order chi connectivity index (χ1) is 7.53. The fraction of sp³-hybridized carbons (Fsp3) is 0.455. The lowest BCUT2D eigenvalue weighted by Gasteiger charge is -2.25. The molecule has 1 heterocycles. The minimum absolute atomic E-state index is 0.288. The second-order valence-corrected chi connectivity index (χ2v) is 4.08. The Hall–Kier alpha value is -1.36. The van der Waals surface area contributed by atoms with E-state index in [9.17, 15) is 8.78 Å². The molecule has 3 N–H and O–H groups in total. The Kier molecular flexibility index (Phi) is 2.71. The van der Waals surface area contributed by atoms with Gasteiger partial charge >= 0.3 is 0 Å². The number of benzene rings is 1. The van der Waals surface area contributed by atoms with Crippen molar-refractivity contribution in [2.75, 3.05) is 23.8 Å². The van der Waals surface area contributed by atoms with Gasteiger partial charge in [-0.2, -0.15) is 0 Å². The van der Waals surface area contributed by atoms with Crippen LogP contribution in [-0.4, -0.2) is 30.2 Å². The average molecular weight is 228 g/mol. The number of rotatable bonds is 2. The van der Waals surface area contributed by atoms with Crippen molar-refractivity contribution in [2.45, 2.75) is 18.4 Å². The summed E-state index contributed by atoms with van der Waals surface area (Å²) >= 11 is 0. The van der Waals surface area contributed by atoms with E-state index < -0.39 is 12.0 Å². The van der Waals surface area contributed by atoms with Gasteiger partial charge in [-0.1, -0.05) is 12.1 Å². The van der Waals surface area contributed by atoms with Gasteiger partial charge in [-0.25, -0.2) is 8.78 Å². The summed E-state index contributed by atoms with van der Waals surface area (Å²) in [7, 11) is 0. The normalized spacial score (nSPS) is 23.7.